The van der Waals surface area contributed by atoms with Gasteiger partial charge in [0.2, 0.25) is 0 Å². The monoisotopic (exact) mass is 363 g/mol. The third-order valence-corrected chi connectivity index (χ3v) is 3.95. The van der Waals surface area contributed by atoms with Gasteiger partial charge in [-0.05, 0) is 30.2 Å². The van der Waals surface area contributed by atoms with Gasteiger partial charge in [-0.15, -0.1) is 0 Å². The standard InChI is InChI=1S/C21H21N3O3/c1-2-27-20(25)12-16-8-10-19(11-9-16)23-21(26)18-13-22-24(15-18)14-17-6-4-3-5-7-17/h3-11,13,15H,2,12,14H2,1H3,(H,23,26). The number of benzene rings is 2. The van der Waals surface area contributed by atoms with E-state index in [1.165, 1.54) is 0 Å². The van der Waals surface area contributed by atoms with Crippen LogP contribution in [0.4, 0.5) is 5.69 Å². The van der Waals surface area contributed by atoms with Gasteiger partial charge in [-0.25, -0.2) is 0 Å². The number of aromatic nitrogens is 2. The molecule has 0 spiro atoms. The van der Waals surface area contributed by atoms with Crippen LogP contribution in [0, 0.1) is 0 Å². The molecule has 0 atom stereocenters. The molecule has 6 nitrogen and oxygen atoms in total. The molecule has 1 N–H and O–H groups in total. The van der Waals surface area contributed by atoms with E-state index in [0.717, 1.165) is 11.1 Å². The van der Waals surface area contributed by atoms with Gasteiger partial charge in [-0.2, -0.15) is 5.10 Å². The number of carbonyl (C=O) groups is 2. The summed E-state index contributed by atoms with van der Waals surface area (Å²) < 4.78 is 6.65. The minimum absolute atomic E-state index is 0.217. The highest BCUT2D eigenvalue weighted by molar-refractivity contribution is 6.03. The molecular formula is C21H21N3O3. The Kier molecular flexibility index (Phi) is 5.99. The van der Waals surface area contributed by atoms with Gasteiger partial charge < -0.3 is 10.1 Å². The summed E-state index contributed by atoms with van der Waals surface area (Å²) in [6, 6.07) is 17.1. The molecule has 0 saturated heterocycles. The van der Waals surface area contributed by atoms with E-state index >= 15 is 0 Å². The fourth-order valence-electron chi connectivity index (χ4n) is 2.63. The largest absolute Gasteiger partial charge is 0.466 e. The first kappa shape index (κ1) is 18.4. The van der Waals surface area contributed by atoms with Crippen molar-refractivity contribution in [2.24, 2.45) is 0 Å². The second kappa shape index (κ2) is 8.80. The van der Waals surface area contributed by atoms with Gasteiger partial charge >= 0.3 is 5.97 Å². The van der Waals surface area contributed by atoms with Gasteiger partial charge in [0.25, 0.3) is 5.91 Å². The van der Waals surface area contributed by atoms with Gasteiger partial charge in [0.15, 0.2) is 0 Å². The van der Waals surface area contributed by atoms with Crippen molar-refractivity contribution in [2.45, 2.75) is 19.9 Å². The van der Waals surface area contributed by atoms with E-state index in [0.29, 0.717) is 24.4 Å². The van der Waals surface area contributed by atoms with Gasteiger partial charge in [0.05, 0.1) is 31.3 Å². The molecule has 0 fully saturated rings. The van der Waals surface area contributed by atoms with E-state index in [2.05, 4.69) is 10.4 Å². The highest BCUT2D eigenvalue weighted by atomic mass is 16.5. The van der Waals surface area contributed by atoms with Crippen molar-refractivity contribution in [1.82, 2.24) is 9.78 Å². The first-order valence-electron chi connectivity index (χ1n) is 8.76. The van der Waals surface area contributed by atoms with Crippen molar-refractivity contribution in [3.05, 3.63) is 83.7 Å². The highest BCUT2D eigenvalue weighted by Crippen LogP contribution is 2.12. The van der Waals surface area contributed by atoms with E-state index < -0.39 is 0 Å². The summed E-state index contributed by atoms with van der Waals surface area (Å²) in [5.74, 6) is -0.493. The zero-order chi connectivity index (χ0) is 19.1. The van der Waals surface area contributed by atoms with E-state index in [9.17, 15) is 9.59 Å². The fourth-order valence-corrected chi connectivity index (χ4v) is 2.63. The van der Waals surface area contributed by atoms with Crippen LogP contribution in [-0.2, 0) is 22.5 Å². The number of esters is 1. The first-order chi connectivity index (χ1) is 13.1. The molecule has 1 heterocycles. The van der Waals surface area contributed by atoms with Crippen LogP contribution in [0.1, 0.15) is 28.4 Å². The Labute approximate surface area is 157 Å². The Morgan fingerprint density at radius 3 is 2.48 bits per heavy atom. The average molecular weight is 363 g/mol. The number of ether oxygens (including phenoxy) is 1. The Hall–Kier alpha value is -3.41. The zero-order valence-electron chi connectivity index (χ0n) is 15.1. The topological polar surface area (TPSA) is 73.2 Å². The summed E-state index contributed by atoms with van der Waals surface area (Å²) in [6.07, 6.45) is 3.49. The molecule has 2 aromatic carbocycles. The van der Waals surface area contributed by atoms with Crippen LogP contribution in [0.5, 0.6) is 0 Å². The van der Waals surface area contributed by atoms with Crippen molar-refractivity contribution in [3.8, 4) is 0 Å². The van der Waals surface area contributed by atoms with Crippen LogP contribution in [0.15, 0.2) is 67.0 Å². The molecule has 0 radical (unpaired) electrons. The van der Waals surface area contributed by atoms with Crippen LogP contribution in [0.25, 0.3) is 0 Å². The quantitative estimate of drug-likeness (QED) is 0.654. The number of anilines is 1. The Morgan fingerprint density at radius 1 is 1.04 bits per heavy atom. The zero-order valence-corrected chi connectivity index (χ0v) is 15.1. The third-order valence-electron chi connectivity index (χ3n) is 3.95. The number of nitrogens with one attached hydrogen (secondary N) is 1. The first-order valence-corrected chi connectivity index (χ1v) is 8.76. The third kappa shape index (κ3) is 5.28. The predicted molar refractivity (Wildman–Crippen MR) is 103 cm³/mol. The summed E-state index contributed by atoms with van der Waals surface area (Å²) in [5.41, 5.74) is 3.09. The summed E-state index contributed by atoms with van der Waals surface area (Å²) >= 11 is 0. The van der Waals surface area contributed by atoms with Crippen LogP contribution >= 0.6 is 0 Å². The molecule has 0 bridgehead atoms. The number of rotatable bonds is 7. The van der Waals surface area contributed by atoms with Crippen molar-refractivity contribution in [3.63, 3.8) is 0 Å². The maximum Gasteiger partial charge on any atom is 0.310 e. The molecule has 0 saturated carbocycles. The molecule has 1 aromatic heterocycles. The average Bonchev–Trinajstić information content (AvgIpc) is 3.13. The molecular weight excluding hydrogens is 342 g/mol. The maximum absolute atomic E-state index is 12.4. The van der Waals surface area contributed by atoms with Crippen LogP contribution in [-0.4, -0.2) is 28.3 Å². The van der Waals surface area contributed by atoms with Crippen molar-refractivity contribution in [1.29, 1.82) is 0 Å². The number of amides is 1. The molecule has 3 aromatic rings. The highest BCUT2D eigenvalue weighted by Gasteiger charge is 2.10. The minimum atomic E-state index is -0.264. The molecule has 0 aliphatic heterocycles. The van der Waals surface area contributed by atoms with Crippen LogP contribution in [0.3, 0.4) is 0 Å². The van der Waals surface area contributed by atoms with E-state index in [1.807, 2.05) is 30.3 Å². The number of hydrogen-bond acceptors (Lipinski definition) is 4. The summed E-state index contributed by atoms with van der Waals surface area (Å²) in [7, 11) is 0. The van der Waals surface area contributed by atoms with E-state index in [1.54, 1.807) is 48.3 Å². The van der Waals surface area contributed by atoms with Gasteiger partial charge in [0, 0.05) is 11.9 Å². The van der Waals surface area contributed by atoms with Crippen molar-refractivity contribution >= 4 is 17.6 Å². The SMILES string of the molecule is CCOC(=O)Cc1ccc(NC(=O)c2cnn(Cc3ccccc3)c2)cc1. The normalized spacial score (nSPS) is 10.4. The number of carbonyl (C=O) groups excluding carboxylic acids is 2. The van der Waals surface area contributed by atoms with E-state index in [-0.39, 0.29) is 18.3 Å². The Balaban J connectivity index is 1.58. The number of hydrogen-bond donors (Lipinski definition) is 1. The fraction of sp³-hybridized carbons (Fsp3) is 0.190. The van der Waals surface area contributed by atoms with Gasteiger partial charge in [-0.1, -0.05) is 42.5 Å². The minimum Gasteiger partial charge on any atom is -0.466 e. The Morgan fingerprint density at radius 2 is 1.78 bits per heavy atom. The maximum atomic E-state index is 12.4. The molecule has 1 amide bonds. The smallest absolute Gasteiger partial charge is 0.310 e. The Bertz CT molecular complexity index is 902. The lowest BCUT2D eigenvalue weighted by Gasteiger charge is -2.06. The summed E-state index contributed by atoms with van der Waals surface area (Å²) in [5, 5.41) is 7.08. The molecule has 138 valence electrons. The van der Waals surface area contributed by atoms with Crippen LogP contribution < -0.4 is 5.32 Å². The van der Waals surface area contributed by atoms with E-state index in [4.69, 9.17) is 4.74 Å². The predicted octanol–water partition coefficient (Wildman–Crippen LogP) is 3.29. The van der Waals surface area contributed by atoms with Crippen molar-refractivity contribution < 1.29 is 14.3 Å². The molecule has 0 aliphatic carbocycles. The second-order valence-electron chi connectivity index (χ2n) is 6.05. The molecule has 0 aliphatic rings. The summed E-state index contributed by atoms with van der Waals surface area (Å²) in [6.45, 7) is 2.75. The van der Waals surface area contributed by atoms with Crippen LogP contribution in [0.2, 0.25) is 0 Å². The van der Waals surface area contributed by atoms with Gasteiger partial charge in [-0.3, -0.25) is 14.3 Å². The van der Waals surface area contributed by atoms with Crippen molar-refractivity contribution in [2.75, 3.05) is 11.9 Å². The number of nitrogens with zero attached hydrogens (tertiary/aromatic N) is 2. The lowest BCUT2D eigenvalue weighted by molar-refractivity contribution is -0.142. The molecule has 27 heavy (non-hydrogen) atoms. The molecule has 3 rings (SSSR count). The molecule has 6 heteroatoms. The van der Waals surface area contributed by atoms with Gasteiger partial charge in [0.1, 0.15) is 0 Å². The summed E-state index contributed by atoms with van der Waals surface area (Å²) in [4.78, 5) is 23.9. The molecule has 0 unspecified atom stereocenters. The second-order valence-corrected chi connectivity index (χ2v) is 6.05. The lowest BCUT2D eigenvalue weighted by atomic mass is 10.1. The lowest BCUT2D eigenvalue weighted by Crippen LogP contribution is -2.11.